The van der Waals surface area contributed by atoms with E-state index in [1.807, 2.05) is 4.90 Å². The van der Waals surface area contributed by atoms with Gasteiger partial charge in [-0.15, -0.1) is 0 Å². The summed E-state index contributed by atoms with van der Waals surface area (Å²) in [6.07, 6.45) is 2.95. The van der Waals surface area contributed by atoms with Gasteiger partial charge in [0, 0.05) is 38.7 Å². The molecule has 0 atom stereocenters. The van der Waals surface area contributed by atoms with E-state index in [4.69, 9.17) is 4.74 Å². The summed E-state index contributed by atoms with van der Waals surface area (Å²) >= 11 is 0. The van der Waals surface area contributed by atoms with Crippen LogP contribution >= 0.6 is 0 Å². The van der Waals surface area contributed by atoms with Crippen molar-refractivity contribution < 1.29 is 17.9 Å². The largest absolute Gasteiger partial charge is 0.383 e. The molecule has 2 rings (SSSR count). The number of carbonyl (C=O) groups excluding carboxylic acids is 1. The van der Waals surface area contributed by atoms with Gasteiger partial charge in [0.05, 0.1) is 11.5 Å². The Hall–Kier alpha value is -1.44. The van der Waals surface area contributed by atoms with Crippen LogP contribution in [0.2, 0.25) is 0 Å². The fourth-order valence-corrected chi connectivity index (χ4v) is 5.20. The van der Waals surface area contributed by atoms with Crippen LogP contribution < -0.4 is 0 Å². The highest BCUT2D eigenvalue weighted by Crippen LogP contribution is 2.26. The molecule has 0 N–H and O–H groups in total. The molecule has 0 saturated carbocycles. The molecular formula is C20H32N2O4S. The molecule has 1 amide bonds. The highest BCUT2D eigenvalue weighted by molar-refractivity contribution is 7.89. The minimum Gasteiger partial charge on any atom is -0.383 e. The molecule has 152 valence electrons. The van der Waals surface area contributed by atoms with E-state index < -0.39 is 10.0 Å². The lowest BCUT2D eigenvalue weighted by Crippen LogP contribution is -2.48. The van der Waals surface area contributed by atoms with Gasteiger partial charge in [0.25, 0.3) is 0 Å². The zero-order chi connectivity index (χ0) is 19.9. The van der Waals surface area contributed by atoms with Gasteiger partial charge in [-0.05, 0) is 37.8 Å². The summed E-state index contributed by atoms with van der Waals surface area (Å²) in [4.78, 5) is 15.3. The van der Waals surface area contributed by atoms with Crippen molar-refractivity contribution in [2.45, 2.75) is 50.5 Å². The third-order valence-electron chi connectivity index (χ3n) is 5.39. The first-order chi connectivity index (χ1) is 13.0. The van der Waals surface area contributed by atoms with Crippen LogP contribution in [0.15, 0.2) is 35.2 Å². The number of rotatable bonds is 9. The normalized spacial score (nSPS) is 16.6. The molecule has 1 aromatic carbocycles. The van der Waals surface area contributed by atoms with Gasteiger partial charge in [0.2, 0.25) is 15.9 Å². The highest BCUT2D eigenvalue weighted by Gasteiger charge is 2.34. The van der Waals surface area contributed by atoms with Crippen LogP contribution in [0, 0.1) is 5.92 Å². The van der Waals surface area contributed by atoms with Gasteiger partial charge in [-0.2, -0.15) is 4.31 Å². The lowest BCUT2D eigenvalue weighted by molar-refractivity contribution is -0.140. The minimum absolute atomic E-state index is 0.121. The maximum absolute atomic E-state index is 13.1. The van der Waals surface area contributed by atoms with Crippen molar-refractivity contribution >= 4 is 15.9 Å². The molecule has 1 aromatic rings. The molecule has 7 heteroatoms. The second-order valence-corrected chi connectivity index (χ2v) is 8.92. The number of hydrogen-bond acceptors (Lipinski definition) is 4. The number of hydrogen-bond donors (Lipinski definition) is 0. The molecular weight excluding hydrogens is 364 g/mol. The minimum atomic E-state index is -3.48. The molecule has 0 aliphatic carbocycles. The van der Waals surface area contributed by atoms with E-state index in [1.165, 1.54) is 4.31 Å². The van der Waals surface area contributed by atoms with Crippen molar-refractivity contribution in [3.8, 4) is 0 Å². The van der Waals surface area contributed by atoms with Gasteiger partial charge < -0.3 is 9.64 Å². The standard InChI is InChI=1S/C20H32N2O4S/c1-4-18(5-2)22(15-16-26-3)20(23)17-11-13-21(14-12-17)27(24,25)19-9-7-6-8-10-19/h6-10,17-18H,4-5,11-16H2,1-3H3. The molecule has 1 aliphatic rings. The van der Waals surface area contributed by atoms with Crippen LogP contribution in [-0.4, -0.2) is 62.9 Å². The summed E-state index contributed by atoms with van der Waals surface area (Å²) in [7, 11) is -1.84. The second-order valence-electron chi connectivity index (χ2n) is 6.99. The predicted molar refractivity (Wildman–Crippen MR) is 106 cm³/mol. The van der Waals surface area contributed by atoms with Crippen LogP contribution in [0.5, 0.6) is 0 Å². The molecule has 0 radical (unpaired) electrons. The molecule has 1 aliphatic heterocycles. The summed E-state index contributed by atoms with van der Waals surface area (Å²) < 4.78 is 32.2. The van der Waals surface area contributed by atoms with Gasteiger partial charge in [-0.1, -0.05) is 32.0 Å². The van der Waals surface area contributed by atoms with Gasteiger partial charge in [-0.3, -0.25) is 4.79 Å². The number of nitrogens with zero attached hydrogens (tertiary/aromatic N) is 2. The van der Waals surface area contributed by atoms with Crippen molar-refractivity contribution in [3.63, 3.8) is 0 Å². The van der Waals surface area contributed by atoms with Gasteiger partial charge >= 0.3 is 0 Å². The van der Waals surface area contributed by atoms with Crippen molar-refractivity contribution in [2.24, 2.45) is 5.92 Å². The quantitative estimate of drug-likeness (QED) is 0.644. The van der Waals surface area contributed by atoms with Crippen molar-refractivity contribution in [1.82, 2.24) is 9.21 Å². The summed E-state index contributed by atoms with van der Waals surface area (Å²) in [6, 6.07) is 8.70. The third kappa shape index (κ3) is 5.30. The van der Waals surface area contributed by atoms with Crippen molar-refractivity contribution in [2.75, 3.05) is 33.4 Å². The molecule has 0 bridgehead atoms. The first kappa shape index (κ1) is 21.9. The zero-order valence-corrected chi connectivity index (χ0v) is 17.5. The average Bonchev–Trinajstić information content (AvgIpc) is 2.71. The van der Waals surface area contributed by atoms with Crippen LogP contribution in [0.1, 0.15) is 39.5 Å². The number of carbonyl (C=O) groups is 1. The maximum Gasteiger partial charge on any atom is 0.243 e. The molecule has 1 fully saturated rings. The SMILES string of the molecule is CCC(CC)N(CCOC)C(=O)C1CCN(S(=O)(=O)c2ccccc2)CC1. The Morgan fingerprint density at radius 3 is 2.30 bits per heavy atom. The Morgan fingerprint density at radius 1 is 1.19 bits per heavy atom. The number of amides is 1. The molecule has 0 spiro atoms. The Morgan fingerprint density at radius 2 is 1.78 bits per heavy atom. The van der Waals surface area contributed by atoms with Crippen LogP contribution in [0.3, 0.4) is 0 Å². The lowest BCUT2D eigenvalue weighted by Gasteiger charge is -2.37. The fourth-order valence-electron chi connectivity index (χ4n) is 3.71. The molecule has 1 heterocycles. The third-order valence-corrected chi connectivity index (χ3v) is 7.30. The van der Waals surface area contributed by atoms with E-state index in [2.05, 4.69) is 13.8 Å². The summed E-state index contributed by atoms with van der Waals surface area (Å²) in [5.74, 6) is 0.0159. The number of sulfonamides is 1. The molecule has 0 unspecified atom stereocenters. The van der Waals surface area contributed by atoms with E-state index in [1.54, 1.807) is 37.4 Å². The fraction of sp³-hybridized carbons (Fsp3) is 0.650. The zero-order valence-electron chi connectivity index (χ0n) is 16.6. The van der Waals surface area contributed by atoms with Crippen molar-refractivity contribution in [3.05, 3.63) is 30.3 Å². The molecule has 0 aromatic heterocycles. The van der Waals surface area contributed by atoms with Crippen LogP contribution in [-0.2, 0) is 19.6 Å². The summed E-state index contributed by atoms with van der Waals surface area (Å²) in [5.41, 5.74) is 0. The topological polar surface area (TPSA) is 66.9 Å². The van der Waals surface area contributed by atoms with E-state index in [9.17, 15) is 13.2 Å². The average molecular weight is 397 g/mol. The lowest BCUT2D eigenvalue weighted by atomic mass is 9.95. The number of benzene rings is 1. The number of ether oxygens (including phenoxy) is 1. The van der Waals surface area contributed by atoms with E-state index in [0.29, 0.717) is 44.0 Å². The Labute approximate surface area is 163 Å². The summed E-state index contributed by atoms with van der Waals surface area (Å²) in [6.45, 7) is 6.06. The molecule has 6 nitrogen and oxygen atoms in total. The van der Waals surface area contributed by atoms with Crippen LogP contribution in [0.25, 0.3) is 0 Å². The first-order valence-corrected chi connectivity index (χ1v) is 11.2. The highest BCUT2D eigenvalue weighted by atomic mass is 32.2. The maximum atomic E-state index is 13.1. The van der Waals surface area contributed by atoms with Gasteiger partial charge in [0.1, 0.15) is 0 Å². The smallest absolute Gasteiger partial charge is 0.243 e. The van der Waals surface area contributed by atoms with Gasteiger partial charge in [-0.25, -0.2) is 8.42 Å². The first-order valence-electron chi connectivity index (χ1n) is 9.80. The Kier molecular flexibility index (Phi) is 8.26. The van der Waals surface area contributed by atoms with Gasteiger partial charge in [0.15, 0.2) is 0 Å². The van der Waals surface area contributed by atoms with Crippen LogP contribution in [0.4, 0.5) is 0 Å². The monoisotopic (exact) mass is 396 g/mol. The molecule has 1 saturated heterocycles. The summed E-state index contributed by atoms with van der Waals surface area (Å²) in [5, 5.41) is 0. The van der Waals surface area contributed by atoms with Crippen molar-refractivity contribution in [1.29, 1.82) is 0 Å². The second kappa shape index (κ2) is 10.2. The predicted octanol–water partition coefficient (Wildman–Crippen LogP) is 2.75. The van der Waals surface area contributed by atoms with E-state index in [-0.39, 0.29) is 17.9 Å². The number of methoxy groups -OCH3 is 1. The Bertz CT molecular complexity index is 681. The number of piperidine rings is 1. The Balaban J connectivity index is 2.03. The van der Waals surface area contributed by atoms with E-state index >= 15 is 0 Å². The molecule has 27 heavy (non-hydrogen) atoms. The van der Waals surface area contributed by atoms with E-state index in [0.717, 1.165) is 12.8 Å².